The molecule has 1 aromatic carbocycles. The number of halogens is 3. The minimum Gasteiger partial charge on any atom is -0.446 e. The molecule has 4 rings (SSSR count). The first-order valence-corrected chi connectivity index (χ1v) is 12.5. The van der Waals surface area contributed by atoms with Crippen LogP contribution in [0.3, 0.4) is 0 Å². The lowest BCUT2D eigenvalue weighted by atomic mass is 9.96. The highest BCUT2D eigenvalue weighted by Crippen LogP contribution is 2.35. The number of aryl methyl sites for hydroxylation is 1. The second-order valence-corrected chi connectivity index (χ2v) is 11.1. The second-order valence-electron chi connectivity index (χ2n) is 11.1. The summed E-state index contributed by atoms with van der Waals surface area (Å²) in [4.78, 5) is 29.9. The lowest BCUT2D eigenvalue weighted by Crippen LogP contribution is -2.52. The van der Waals surface area contributed by atoms with Crippen LogP contribution in [0.15, 0.2) is 35.1 Å². The van der Waals surface area contributed by atoms with Crippen molar-refractivity contribution in [3.05, 3.63) is 51.9 Å². The first-order valence-electron chi connectivity index (χ1n) is 12.5. The van der Waals surface area contributed by atoms with Gasteiger partial charge in [0.05, 0.1) is 22.8 Å². The van der Waals surface area contributed by atoms with Crippen LogP contribution in [-0.2, 0) is 24.9 Å². The fraction of sp³-hybridized carbons (Fsp3) is 0.481. The van der Waals surface area contributed by atoms with E-state index in [1.807, 2.05) is 20.8 Å². The van der Waals surface area contributed by atoms with Crippen LogP contribution in [-0.4, -0.2) is 50.0 Å². The number of carbonyl (C=O) groups excluding carboxylic acids is 1. The third-order valence-corrected chi connectivity index (χ3v) is 6.81. The third-order valence-electron chi connectivity index (χ3n) is 6.81. The fourth-order valence-electron chi connectivity index (χ4n) is 5.07. The molecular formula is C27H31F3N6O3. The van der Waals surface area contributed by atoms with Crippen molar-refractivity contribution in [2.75, 3.05) is 6.54 Å². The normalized spacial score (nSPS) is 18.7. The van der Waals surface area contributed by atoms with Crippen LogP contribution in [0.1, 0.15) is 44.7 Å². The van der Waals surface area contributed by atoms with Crippen LogP contribution >= 0.6 is 0 Å². The Morgan fingerprint density at radius 1 is 1.23 bits per heavy atom. The van der Waals surface area contributed by atoms with Crippen LogP contribution in [0.25, 0.3) is 22.4 Å². The van der Waals surface area contributed by atoms with Crippen molar-refractivity contribution in [3.63, 3.8) is 0 Å². The molecule has 0 spiro atoms. The van der Waals surface area contributed by atoms with Crippen LogP contribution in [0.2, 0.25) is 0 Å². The Bertz CT molecular complexity index is 1500. The monoisotopic (exact) mass is 544 g/mol. The Kier molecular flexibility index (Phi) is 7.49. The predicted molar refractivity (Wildman–Crippen MR) is 139 cm³/mol. The average Bonchev–Trinajstić information content (AvgIpc) is 3.07. The van der Waals surface area contributed by atoms with E-state index in [2.05, 4.69) is 11.1 Å². The Labute approximate surface area is 223 Å². The highest BCUT2D eigenvalue weighted by molar-refractivity contribution is 5.78. The summed E-state index contributed by atoms with van der Waals surface area (Å²) in [5, 5.41) is 9.74. The van der Waals surface area contributed by atoms with Gasteiger partial charge in [-0.25, -0.2) is 14.6 Å². The number of rotatable bonds is 5. The minimum atomic E-state index is -4.54. The lowest BCUT2D eigenvalue weighted by Gasteiger charge is -2.39. The number of carbonyl (C=O) groups is 1. The van der Waals surface area contributed by atoms with E-state index in [-0.39, 0.29) is 30.6 Å². The second kappa shape index (κ2) is 10.4. The molecule has 1 saturated heterocycles. The van der Waals surface area contributed by atoms with Crippen LogP contribution in [0.4, 0.5) is 18.0 Å². The number of ether oxygens (including phenoxy) is 1. The zero-order chi connectivity index (χ0) is 28.7. The number of amides is 1. The Hall–Kier alpha value is -3.85. The molecule has 2 aromatic heterocycles. The van der Waals surface area contributed by atoms with Gasteiger partial charge in [-0.3, -0.25) is 14.0 Å². The van der Waals surface area contributed by atoms with E-state index in [0.717, 1.165) is 0 Å². The van der Waals surface area contributed by atoms with Gasteiger partial charge in [-0.1, -0.05) is 26.8 Å². The van der Waals surface area contributed by atoms with Crippen molar-refractivity contribution in [2.24, 2.45) is 18.2 Å². The van der Waals surface area contributed by atoms with Gasteiger partial charge in [0.1, 0.15) is 12.1 Å². The van der Waals surface area contributed by atoms with E-state index in [4.69, 9.17) is 10.5 Å². The summed E-state index contributed by atoms with van der Waals surface area (Å²) >= 11 is 0. The number of nitrogens with two attached hydrogens (primary N) is 1. The molecule has 3 aromatic rings. The van der Waals surface area contributed by atoms with E-state index in [0.29, 0.717) is 40.1 Å². The number of imidazole rings is 1. The molecule has 1 aliphatic rings. The topological polar surface area (TPSA) is 119 Å². The Morgan fingerprint density at radius 2 is 1.95 bits per heavy atom. The standard InChI is InChI=1S/C27H31F3N6O3/c1-26(2,3)15-36-21-8-7-20(33-23(21)34(4)25(36)38)19-11-16(5-6-17(19)13-31)14-35-10-9-18(39-24(32)37)12-22(35)27(28,29)30/h5-8,11,18,22H,9-10,12,14-15H2,1-4H3,(H2,32,37)/t18-,22-/m0/s1. The van der Waals surface area contributed by atoms with Gasteiger partial charge in [-0.05, 0) is 41.7 Å². The number of pyridine rings is 1. The fourth-order valence-corrected chi connectivity index (χ4v) is 5.07. The molecule has 12 heteroatoms. The molecule has 0 saturated carbocycles. The summed E-state index contributed by atoms with van der Waals surface area (Å²) < 4.78 is 49.6. The van der Waals surface area contributed by atoms with Gasteiger partial charge in [-0.2, -0.15) is 18.4 Å². The largest absolute Gasteiger partial charge is 0.446 e. The molecule has 3 heterocycles. The van der Waals surface area contributed by atoms with Gasteiger partial charge in [-0.15, -0.1) is 0 Å². The summed E-state index contributed by atoms with van der Waals surface area (Å²) in [7, 11) is 1.63. The minimum absolute atomic E-state index is 0.0329. The number of fused-ring (bicyclic) bond motifs is 1. The number of benzene rings is 1. The van der Waals surface area contributed by atoms with E-state index in [1.165, 1.54) is 9.47 Å². The number of alkyl halides is 3. The summed E-state index contributed by atoms with van der Waals surface area (Å²) in [5.74, 6) is 0. The maximum absolute atomic E-state index is 13.9. The molecule has 9 nitrogen and oxygen atoms in total. The highest BCUT2D eigenvalue weighted by atomic mass is 19.4. The zero-order valence-corrected chi connectivity index (χ0v) is 22.2. The summed E-state index contributed by atoms with van der Waals surface area (Å²) in [5.41, 5.74) is 7.53. The molecule has 2 N–H and O–H groups in total. The summed E-state index contributed by atoms with van der Waals surface area (Å²) in [6.45, 7) is 6.59. The third kappa shape index (κ3) is 6.09. The summed E-state index contributed by atoms with van der Waals surface area (Å²) in [6.07, 6.45) is -6.73. The van der Waals surface area contributed by atoms with Gasteiger partial charge >= 0.3 is 18.0 Å². The van der Waals surface area contributed by atoms with Crippen LogP contribution < -0.4 is 11.4 Å². The number of primary amides is 1. The van der Waals surface area contributed by atoms with Crippen molar-refractivity contribution in [1.29, 1.82) is 5.26 Å². The molecular weight excluding hydrogens is 513 g/mol. The molecule has 1 aliphatic heterocycles. The first-order chi connectivity index (χ1) is 18.2. The average molecular weight is 545 g/mol. The van der Waals surface area contributed by atoms with Crippen molar-refractivity contribution < 1.29 is 22.7 Å². The molecule has 0 radical (unpaired) electrons. The van der Waals surface area contributed by atoms with Crippen LogP contribution in [0.5, 0.6) is 0 Å². The molecule has 1 amide bonds. The maximum atomic E-state index is 13.9. The number of hydrogen-bond donors (Lipinski definition) is 1. The predicted octanol–water partition coefficient (Wildman–Crippen LogP) is 4.31. The van der Waals surface area contributed by atoms with Gasteiger partial charge < -0.3 is 10.5 Å². The molecule has 208 valence electrons. The smallest absolute Gasteiger partial charge is 0.404 e. The Morgan fingerprint density at radius 3 is 2.56 bits per heavy atom. The van der Waals surface area contributed by atoms with Crippen LogP contribution in [0, 0.1) is 16.7 Å². The lowest BCUT2D eigenvalue weighted by molar-refractivity contribution is -0.201. The van der Waals surface area contributed by atoms with Crippen molar-refractivity contribution in [1.82, 2.24) is 19.0 Å². The summed E-state index contributed by atoms with van der Waals surface area (Å²) in [6, 6.07) is 8.65. The first kappa shape index (κ1) is 28.2. The highest BCUT2D eigenvalue weighted by Gasteiger charge is 2.47. The van der Waals surface area contributed by atoms with Gasteiger partial charge in [0.15, 0.2) is 5.65 Å². The molecule has 0 aliphatic carbocycles. The van der Waals surface area contributed by atoms with E-state index < -0.39 is 30.8 Å². The number of piperidine rings is 1. The van der Waals surface area contributed by atoms with Crippen molar-refractivity contribution >= 4 is 17.3 Å². The SMILES string of the molecule is Cn1c(=O)n(CC(C)(C)C)c2ccc(-c3cc(CN4CC[C@H](OC(N)=O)C[C@H]4C(F)(F)F)ccc3C#N)nc21. The van der Waals surface area contributed by atoms with Gasteiger partial charge in [0.25, 0.3) is 0 Å². The number of aromatic nitrogens is 3. The van der Waals surface area contributed by atoms with E-state index in [9.17, 15) is 28.0 Å². The Balaban J connectivity index is 1.68. The molecule has 0 bridgehead atoms. The number of nitrogens with zero attached hydrogens (tertiary/aromatic N) is 5. The molecule has 39 heavy (non-hydrogen) atoms. The number of hydrogen-bond acceptors (Lipinski definition) is 6. The zero-order valence-electron chi connectivity index (χ0n) is 22.2. The molecule has 0 unspecified atom stereocenters. The van der Waals surface area contributed by atoms with E-state index in [1.54, 1.807) is 41.9 Å². The van der Waals surface area contributed by atoms with E-state index >= 15 is 0 Å². The maximum Gasteiger partial charge on any atom is 0.404 e. The molecule has 2 atom stereocenters. The number of likely N-dealkylation sites (tertiary alicyclic amines) is 1. The van der Waals surface area contributed by atoms with Gasteiger partial charge in [0, 0.05) is 38.7 Å². The van der Waals surface area contributed by atoms with Crippen molar-refractivity contribution in [3.8, 4) is 17.3 Å². The van der Waals surface area contributed by atoms with Gasteiger partial charge in [0.2, 0.25) is 0 Å². The quantitative estimate of drug-likeness (QED) is 0.511. The van der Waals surface area contributed by atoms with Crippen molar-refractivity contribution in [2.45, 2.75) is 65.0 Å². The molecule has 1 fully saturated rings. The number of nitriles is 1.